The number of rotatable bonds is 2. The summed E-state index contributed by atoms with van der Waals surface area (Å²) in [7, 11) is 2.22. The minimum absolute atomic E-state index is 0.343. The molecule has 3 heteroatoms. The Labute approximate surface area is 62.0 Å². The Hall–Kier alpha value is -0.120. The molecule has 0 aromatic rings. The van der Waals surface area contributed by atoms with Gasteiger partial charge in [-0.15, -0.1) is 0 Å². The summed E-state index contributed by atoms with van der Waals surface area (Å²) in [4.78, 5) is 1.58. The highest BCUT2D eigenvalue weighted by atomic mass is 16.3. The molecule has 0 spiro atoms. The zero-order valence-corrected chi connectivity index (χ0v) is 6.64. The number of quaternary nitrogens is 2. The molecule has 0 saturated carbocycles. The molecule has 3 nitrogen and oxygen atoms in total. The van der Waals surface area contributed by atoms with Crippen LogP contribution in [0.5, 0.6) is 0 Å². The molecule has 0 aromatic carbocycles. The van der Waals surface area contributed by atoms with Gasteiger partial charge in [-0.05, 0) is 0 Å². The van der Waals surface area contributed by atoms with Crippen LogP contribution in [0.4, 0.5) is 0 Å². The second-order valence-corrected chi connectivity index (χ2v) is 3.12. The van der Waals surface area contributed by atoms with Crippen molar-refractivity contribution in [3.8, 4) is 0 Å². The third-order valence-corrected chi connectivity index (χ3v) is 2.37. The lowest BCUT2D eigenvalue weighted by Gasteiger charge is -2.26. The Morgan fingerprint density at radius 3 is 3.10 bits per heavy atom. The number of aliphatic hydroxyl groups excluding tert-OH is 1. The van der Waals surface area contributed by atoms with Gasteiger partial charge in [0.05, 0.1) is 7.05 Å². The summed E-state index contributed by atoms with van der Waals surface area (Å²) in [6.45, 7) is 4.01. The number of hydrogen-bond donors (Lipinski definition) is 3. The second-order valence-electron chi connectivity index (χ2n) is 3.12. The molecule has 0 amide bonds. The fourth-order valence-electron chi connectivity index (χ4n) is 1.57. The molecule has 1 aliphatic heterocycles. The molecule has 1 fully saturated rings. The predicted molar refractivity (Wildman–Crippen MR) is 38.9 cm³/mol. The van der Waals surface area contributed by atoms with Crippen LogP contribution in [0, 0.1) is 0 Å². The number of hydrogen-bond acceptors (Lipinski definition) is 1. The van der Waals surface area contributed by atoms with Gasteiger partial charge >= 0.3 is 0 Å². The van der Waals surface area contributed by atoms with Gasteiger partial charge in [-0.25, -0.2) is 0 Å². The Kier molecular flexibility index (Phi) is 3.12. The molecule has 0 aromatic heterocycles. The minimum atomic E-state index is 0.343. The summed E-state index contributed by atoms with van der Waals surface area (Å²) in [5.41, 5.74) is 0. The van der Waals surface area contributed by atoms with Crippen molar-refractivity contribution >= 4 is 0 Å². The van der Waals surface area contributed by atoms with Gasteiger partial charge < -0.3 is 15.3 Å². The summed E-state index contributed by atoms with van der Waals surface area (Å²) in [6.07, 6.45) is 0.961. The van der Waals surface area contributed by atoms with E-state index in [4.69, 9.17) is 5.11 Å². The highest BCUT2D eigenvalue weighted by molar-refractivity contribution is 4.53. The molecule has 0 bridgehead atoms. The molecular weight excluding hydrogens is 128 g/mol. The molecule has 4 N–H and O–H groups in total. The highest BCUT2D eigenvalue weighted by Crippen LogP contribution is 1.82. The van der Waals surface area contributed by atoms with Gasteiger partial charge in [0, 0.05) is 13.0 Å². The van der Waals surface area contributed by atoms with Crippen molar-refractivity contribution in [3.63, 3.8) is 0 Å². The number of piperazine rings is 1. The molecule has 1 rings (SSSR count). The first-order valence-corrected chi connectivity index (χ1v) is 4.09. The van der Waals surface area contributed by atoms with Crippen LogP contribution in [0.15, 0.2) is 0 Å². The average Bonchev–Trinajstić information content (AvgIpc) is 1.94. The van der Waals surface area contributed by atoms with Crippen molar-refractivity contribution in [2.45, 2.75) is 12.5 Å². The fourth-order valence-corrected chi connectivity index (χ4v) is 1.57. The molecule has 1 unspecified atom stereocenters. The van der Waals surface area contributed by atoms with Crippen molar-refractivity contribution in [1.29, 1.82) is 0 Å². The van der Waals surface area contributed by atoms with Crippen molar-refractivity contribution < 1.29 is 15.3 Å². The van der Waals surface area contributed by atoms with Crippen molar-refractivity contribution in [3.05, 3.63) is 0 Å². The van der Waals surface area contributed by atoms with E-state index in [0.29, 0.717) is 12.6 Å². The van der Waals surface area contributed by atoms with E-state index in [-0.39, 0.29) is 0 Å². The van der Waals surface area contributed by atoms with Crippen LogP contribution in [-0.4, -0.2) is 44.4 Å². The predicted octanol–water partition coefficient (Wildman–Crippen LogP) is -3.17. The van der Waals surface area contributed by atoms with Crippen LogP contribution in [-0.2, 0) is 0 Å². The molecule has 0 radical (unpaired) electrons. The molecule has 1 saturated heterocycles. The van der Waals surface area contributed by atoms with E-state index in [1.54, 1.807) is 4.90 Å². The molecule has 0 aliphatic carbocycles. The van der Waals surface area contributed by atoms with E-state index in [2.05, 4.69) is 12.4 Å². The summed E-state index contributed by atoms with van der Waals surface area (Å²) in [5, 5.41) is 11.0. The lowest BCUT2D eigenvalue weighted by atomic mass is 10.1. The lowest BCUT2D eigenvalue weighted by molar-refractivity contribution is -0.956. The van der Waals surface area contributed by atoms with E-state index in [9.17, 15) is 0 Å². The largest absolute Gasteiger partial charge is 0.396 e. The molecule has 1 aliphatic rings. The fraction of sp³-hybridized carbons (Fsp3) is 1.00. The first-order valence-electron chi connectivity index (χ1n) is 4.09. The van der Waals surface area contributed by atoms with Crippen LogP contribution < -0.4 is 10.2 Å². The number of likely N-dealkylation sites (N-methyl/N-ethyl adjacent to an activating group) is 1. The Morgan fingerprint density at radius 1 is 1.70 bits per heavy atom. The Morgan fingerprint density at radius 2 is 2.50 bits per heavy atom. The van der Waals surface area contributed by atoms with Crippen LogP contribution >= 0.6 is 0 Å². The van der Waals surface area contributed by atoms with Crippen LogP contribution in [0.2, 0.25) is 0 Å². The Bertz CT molecular complexity index is 95.6. The standard InChI is InChI=1S/C7H16N2O/c1-9-4-3-8-6-7(9)2-5-10/h7-8,10H,2-6H2,1H3/p+2/t7-/m0/s1. The van der Waals surface area contributed by atoms with Gasteiger partial charge in [0.15, 0.2) is 0 Å². The van der Waals surface area contributed by atoms with E-state index < -0.39 is 0 Å². The topological polar surface area (TPSA) is 41.3 Å². The summed E-state index contributed by atoms with van der Waals surface area (Å²) >= 11 is 0. The third-order valence-electron chi connectivity index (χ3n) is 2.37. The average molecular weight is 146 g/mol. The number of nitrogens with two attached hydrogens (primary N) is 1. The van der Waals surface area contributed by atoms with Gasteiger partial charge in [0.2, 0.25) is 0 Å². The maximum Gasteiger partial charge on any atom is 0.139 e. The summed E-state index contributed by atoms with van der Waals surface area (Å²) in [6, 6.07) is 0.679. The first-order chi connectivity index (χ1) is 4.84. The molecule has 1 heterocycles. The van der Waals surface area contributed by atoms with Gasteiger partial charge in [0.25, 0.3) is 0 Å². The van der Waals surface area contributed by atoms with Crippen molar-refractivity contribution in [2.75, 3.05) is 33.3 Å². The maximum atomic E-state index is 8.71. The van der Waals surface area contributed by atoms with Gasteiger partial charge in [0.1, 0.15) is 25.7 Å². The second kappa shape index (κ2) is 3.91. The Balaban J connectivity index is 2.25. The van der Waals surface area contributed by atoms with E-state index in [0.717, 1.165) is 6.42 Å². The van der Waals surface area contributed by atoms with E-state index in [1.807, 2.05) is 0 Å². The molecular formula is C7H18N2O+2. The third kappa shape index (κ3) is 1.94. The van der Waals surface area contributed by atoms with Crippen LogP contribution in [0.25, 0.3) is 0 Å². The first kappa shape index (κ1) is 7.98. The van der Waals surface area contributed by atoms with Crippen molar-refractivity contribution in [1.82, 2.24) is 0 Å². The summed E-state index contributed by atoms with van der Waals surface area (Å²) < 4.78 is 0. The normalized spacial score (nSPS) is 34.2. The van der Waals surface area contributed by atoms with E-state index >= 15 is 0 Å². The smallest absolute Gasteiger partial charge is 0.139 e. The summed E-state index contributed by atoms with van der Waals surface area (Å²) in [5.74, 6) is 0. The number of aliphatic hydroxyl groups is 1. The number of nitrogens with one attached hydrogen (secondary N) is 1. The van der Waals surface area contributed by atoms with E-state index in [1.165, 1.54) is 19.6 Å². The monoisotopic (exact) mass is 146 g/mol. The van der Waals surface area contributed by atoms with Crippen LogP contribution in [0.3, 0.4) is 0 Å². The van der Waals surface area contributed by atoms with Gasteiger partial charge in [-0.1, -0.05) is 0 Å². The van der Waals surface area contributed by atoms with Crippen LogP contribution in [0.1, 0.15) is 6.42 Å². The van der Waals surface area contributed by atoms with Gasteiger partial charge in [-0.3, -0.25) is 0 Å². The zero-order valence-electron chi connectivity index (χ0n) is 6.64. The highest BCUT2D eigenvalue weighted by Gasteiger charge is 2.23. The van der Waals surface area contributed by atoms with Crippen molar-refractivity contribution in [2.24, 2.45) is 0 Å². The quantitative estimate of drug-likeness (QED) is 0.378. The molecule has 2 atom stereocenters. The SMILES string of the molecule is C[NH+]1CC[NH2+]C[C@@H]1CCO. The van der Waals surface area contributed by atoms with Gasteiger partial charge in [-0.2, -0.15) is 0 Å². The minimum Gasteiger partial charge on any atom is -0.396 e. The lowest BCUT2D eigenvalue weighted by Crippen LogP contribution is -3.22. The maximum absolute atomic E-state index is 8.71. The molecule has 60 valence electrons. The zero-order chi connectivity index (χ0) is 7.40. The molecule has 10 heavy (non-hydrogen) atoms.